The summed E-state index contributed by atoms with van der Waals surface area (Å²) in [5.74, 6) is 2.47. The third-order valence-electron chi connectivity index (χ3n) is 2.79. The summed E-state index contributed by atoms with van der Waals surface area (Å²) < 4.78 is 2.00. The zero-order valence-corrected chi connectivity index (χ0v) is 11.1. The molecule has 0 saturated heterocycles. The molecular formula is C12H24N4. The van der Waals surface area contributed by atoms with Gasteiger partial charge in [-0.15, -0.1) is 0 Å². The molecule has 4 nitrogen and oxygen atoms in total. The van der Waals surface area contributed by atoms with E-state index in [1.165, 1.54) is 6.42 Å². The number of aryl methyl sites for hydroxylation is 2. The van der Waals surface area contributed by atoms with Crippen molar-refractivity contribution in [2.75, 3.05) is 6.54 Å². The highest BCUT2D eigenvalue weighted by atomic mass is 15.3. The van der Waals surface area contributed by atoms with Gasteiger partial charge in [-0.2, -0.15) is 5.10 Å². The number of rotatable bonds is 6. The molecule has 0 aliphatic carbocycles. The number of aromatic nitrogens is 3. The zero-order chi connectivity index (χ0) is 12.1. The first-order valence-corrected chi connectivity index (χ1v) is 6.16. The fraction of sp³-hybridized carbons (Fsp3) is 0.833. The second kappa shape index (κ2) is 5.99. The van der Waals surface area contributed by atoms with Crippen molar-refractivity contribution < 1.29 is 0 Å². The van der Waals surface area contributed by atoms with Gasteiger partial charge in [0.05, 0.1) is 6.54 Å². The van der Waals surface area contributed by atoms with Crippen LogP contribution in [0.15, 0.2) is 0 Å². The summed E-state index contributed by atoms with van der Waals surface area (Å²) in [6.45, 7) is 12.6. The van der Waals surface area contributed by atoms with Crippen LogP contribution in [0.2, 0.25) is 0 Å². The Balaban J connectivity index is 2.64. The van der Waals surface area contributed by atoms with Gasteiger partial charge in [-0.05, 0) is 32.7 Å². The van der Waals surface area contributed by atoms with E-state index in [0.29, 0.717) is 12.0 Å². The monoisotopic (exact) mass is 224 g/mol. The van der Waals surface area contributed by atoms with Crippen LogP contribution in [0.3, 0.4) is 0 Å². The van der Waals surface area contributed by atoms with Gasteiger partial charge in [-0.1, -0.05) is 20.8 Å². The fourth-order valence-corrected chi connectivity index (χ4v) is 1.76. The van der Waals surface area contributed by atoms with E-state index in [1.54, 1.807) is 0 Å². The molecule has 1 unspecified atom stereocenters. The van der Waals surface area contributed by atoms with Crippen LogP contribution in [0.25, 0.3) is 0 Å². The fourth-order valence-electron chi connectivity index (χ4n) is 1.76. The summed E-state index contributed by atoms with van der Waals surface area (Å²) in [5.41, 5.74) is 0. The van der Waals surface area contributed by atoms with Gasteiger partial charge in [0, 0.05) is 6.04 Å². The second-order valence-corrected chi connectivity index (χ2v) is 4.69. The smallest absolute Gasteiger partial charge is 0.147 e. The molecule has 1 N–H and O–H groups in total. The Labute approximate surface area is 98.5 Å². The van der Waals surface area contributed by atoms with Gasteiger partial charge < -0.3 is 5.32 Å². The minimum Gasteiger partial charge on any atom is -0.312 e. The standard InChI is InChI=1S/C12H24N4/c1-6-7-13-12(9(2)3)8-16-11(5)14-10(4)15-16/h9,12-13H,6-8H2,1-5H3. The first kappa shape index (κ1) is 13.2. The molecule has 4 heteroatoms. The molecule has 0 aliphatic heterocycles. The van der Waals surface area contributed by atoms with Crippen LogP contribution < -0.4 is 5.32 Å². The maximum atomic E-state index is 4.41. The molecule has 0 saturated carbocycles. The number of nitrogens with one attached hydrogen (secondary N) is 1. The summed E-state index contributed by atoms with van der Waals surface area (Å²) in [4.78, 5) is 4.33. The Hall–Kier alpha value is -0.900. The van der Waals surface area contributed by atoms with Crippen LogP contribution in [-0.4, -0.2) is 27.4 Å². The van der Waals surface area contributed by atoms with Crippen LogP contribution >= 0.6 is 0 Å². The first-order chi connectivity index (χ1) is 7.54. The number of hydrogen-bond donors (Lipinski definition) is 1. The minimum atomic E-state index is 0.472. The molecule has 0 radical (unpaired) electrons. The second-order valence-electron chi connectivity index (χ2n) is 4.69. The first-order valence-electron chi connectivity index (χ1n) is 6.16. The summed E-state index contributed by atoms with van der Waals surface area (Å²) in [6.07, 6.45) is 1.17. The molecule has 1 aromatic heterocycles. The lowest BCUT2D eigenvalue weighted by Crippen LogP contribution is -2.38. The summed E-state index contributed by atoms with van der Waals surface area (Å²) in [7, 11) is 0. The molecule has 0 fully saturated rings. The maximum Gasteiger partial charge on any atom is 0.147 e. The van der Waals surface area contributed by atoms with Crippen molar-refractivity contribution in [3.63, 3.8) is 0 Å². The Morgan fingerprint density at radius 1 is 1.31 bits per heavy atom. The lowest BCUT2D eigenvalue weighted by molar-refractivity contribution is 0.339. The maximum absolute atomic E-state index is 4.41. The van der Waals surface area contributed by atoms with E-state index in [9.17, 15) is 0 Å². The minimum absolute atomic E-state index is 0.472. The molecular weight excluding hydrogens is 200 g/mol. The third kappa shape index (κ3) is 3.59. The molecule has 0 amide bonds. The highest BCUT2D eigenvalue weighted by molar-refractivity contribution is 4.89. The molecule has 1 heterocycles. The lowest BCUT2D eigenvalue weighted by Gasteiger charge is -2.22. The van der Waals surface area contributed by atoms with E-state index in [2.05, 4.69) is 36.2 Å². The van der Waals surface area contributed by atoms with Crippen LogP contribution in [0, 0.1) is 19.8 Å². The van der Waals surface area contributed by atoms with Gasteiger partial charge in [0.15, 0.2) is 0 Å². The van der Waals surface area contributed by atoms with Crippen LogP contribution in [0.4, 0.5) is 0 Å². The molecule has 1 aromatic rings. The SMILES string of the molecule is CCCNC(Cn1nc(C)nc1C)C(C)C. The van der Waals surface area contributed by atoms with Gasteiger partial charge in [-0.3, -0.25) is 0 Å². The number of nitrogens with zero attached hydrogens (tertiary/aromatic N) is 3. The summed E-state index contributed by atoms with van der Waals surface area (Å²) >= 11 is 0. The zero-order valence-electron chi connectivity index (χ0n) is 11.1. The van der Waals surface area contributed by atoms with Gasteiger partial charge in [0.1, 0.15) is 11.6 Å². The molecule has 0 aromatic carbocycles. The largest absolute Gasteiger partial charge is 0.312 e. The van der Waals surface area contributed by atoms with Crippen molar-refractivity contribution >= 4 is 0 Å². The van der Waals surface area contributed by atoms with E-state index in [0.717, 1.165) is 24.7 Å². The predicted octanol–water partition coefficient (Wildman–Crippen LogP) is 1.92. The van der Waals surface area contributed by atoms with Crippen molar-refractivity contribution in [2.45, 2.75) is 53.6 Å². The normalized spacial score (nSPS) is 13.4. The van der Waals surface area contributed by atoms with Crippen LogP contribution in [-0.2, 0) is 6.54 Å². The number of hydrogen-bond acceptors (Lipinski definition) is 3. The Bertz CT molecular complexity index is 317. The van der Waals surface area contributed by atoms with Crippen LogP contribution in [0.5, 0.6) is 0 Å². The van der Waals surface area contributed by atoms with E-state index in [-0.39, 0.29) is 0 Å². The van der Waals surface area contributed by atoms with E-state index in [4.69, 9.17) is 0 Å². The highest BCUT2D eigenvalue weighted by Gasteiger charge is 2.15. The van der Waals surface area contributed by atoms with Crippen molar-refractivity contribution in [3.05, 3.63) is 11.6 Å². The molecule has 0 bridgehead atoms. The Kier molecular flexibility index (Phi) is 4.93. The molecule has 1 atom stereocenters. The van der Waals surface area contributed by atoms with Gasteiger partial charge in [0.25, 0.3) is 0 Å². The van der Waals surface area contributed by atoms with Crippen molar-refractivity contribution in [1.29, 1.82) is 0 Å². The van der Waals surface area contributed by atoms with E-state index < -0.39 is 0 Å². The molecule has 16 heavy (non-hydrogen) atoms. The Morgan fingerprint density at radius 2 is 2.00 bits per heavy atom. The average Bonchev–Trinajstić information content (AvgIpc) is 2.51. The van der Waals surface area contributed by atoms with Crippen molar-refractivity contribution in [3.8, 4) is 0 Å². The van der Waals surface area contributed by atoms with E-state index in [1.807, 2.05) is 18.5 Å². The topological polar surface area (TPSA) is 42.7 Å². The van der Waals surface area contributed by atoms with Crippen molar-refractivity contribution in [1.82, 2.24) is 20.1 Å². The van der Waals surface area contributed by atoms with Gasteiger partial charge in [0.2, 0.25) is 0 Å². The predicted molar refractivity (Wildman–Crippen MR) is 66.4 cm³/mol. The van der Waals surface area contributed by atoms with Crippen molar-refractivity contribution in [2.24, 2.45) is 5.92 Å². The highest BCUT2D eigenvalue weighted by Crippen LogP contribution is 2.06. The van der Waals surface area contributed by atoms with Gasteiger partial charge in [-0.25, -0.2) is 9.67 Å². The molecule has 92 valence electrons. The Morgan fingerprint density at radius 3 is 2.44 bits per heavy atom. The lowest BCUT2D eigenvalue weighted by atomic mass is 10.0. The summed E-state index contributed by atoms with van der Waals surface area (Å²) in [6, 6.07) is 0.472. The van der Waals surface area contributed by atoms with Gasteiger partial charge >= 0.3 is 0 Å². The molecule has 0 spiro atoms. The molecule has 1 rings (SSSR count). The van der Waals surface area contributed by atoms with Crippen LogP contribution in [0.1, 0.15) is 38.8 Å². The quantitative estimate of drug-likeness (QED) is 0.802. The van der Waals surface area contributed by atoms with E-state index >= 15 is 0 Å². The molecule has 0 aliphatic rings. The third-order valence-corrected chi connectivity index (χ3v) is 2.79. The summed E-state index contributed by atoms with van der Waals surface area (Å²) in [5, 5.41) is 7.97. The average molecular weight is 224 g/mol.